The summed E-state index contributed by atoms with van der Waals surface area (Å²) in [4.78, 5) is 18.6. The first-order valence-electron chi connectivity index (χ1n) is 15.0. The van der Waals surface area contributed by atoms with Crippen LogP contribution in [0.5, 0.6) is 17.2 Å². The van der Waals surface area contributed by atoms with Crippen LogP contribution in [0.4, 0.5) is 0 Å². The number of nitrogens with zero attached hydrogens (tertiary/aromatic N) is 5. The third-order valence-electron chi connectivity index (χ3n) is 7.11. The van der Waals surface area contributed by atoms with Gasteiger partial charge in [-0.25, -0.2) is 4.68 Å². The highest BCUT2D eigenvalue weighted by molar-refractivity contribution is 7.15. The van der Waals surface area contributed by atoms with Crippen molar-refractivity contribution in [1.29, 1.82) is 0 Å². The third kappa shape index (κ3) is 6.77. The van der Waals surface area contributed by atoms with Crippen LogP contribution in [0.3, 0.4) is 0 Å². The van der Waals surface area contributed by atoms with Gasteiger partial charge in [0, 0.05) is 17.3 Å². The van der Waals surface area contributed by atoms with Crippen LogP contribution in [0.15, 0.2) is 96.4 Å². The van der Waals surface area contributed by atoms with Crippen molar-refractivity contribution in [3.05, 3.63) is 123 Å². The molecule has 0 atom stereocenters. The fraction of sp³-hybridized carbons (Fsp3) is 0.167. The molecule has 3 heterocycles. The normalized spacial score (nSPS) is 11.8. The molecule has 6 rings (SSSR count). The van der Waals surface area contributed by atoms with Gasteiger partial charge in [0.2, 0.25) is 4.96 Å². The summed E-state index contributed by atoms with van der Waals surface area (Å²) in [5.41, 5.74) is 3.99. The van der Waals surface area contributed by atoms with Gasteiger partial charge in [-0.2, -0.15) is 14.6 Å². The van der Waals surface area contributed by atoms with Gasteiger partial charge in [-0.05, 0) is 72.7 Å². The van der Waals surface area contributed by atoms with Gasteiger partial charge >= 0.3 is 0 Å². The lowest BCUT2D eigenvalue weighted by Gasteiger charge is -2.10. The molecule has 0 aliphatic rings. The summed E-state index contributed by atoms with van der Waals surface area (Å²) in [7, 11) is 1.62. The van der Waals surface area contributed by atoms with Crippen LogP contribution in [-0.4, -0.2) is 44.7 Å². The number of hydrogen-bond donors (Lipinski definition) is 0. The number of ether oxygens (including phenoxy) is 3. The maximum atomic E-state index is 13.5. The average molecular weight is 632 g/mol. The molecule has 232 valence electrons. The smallest absolute Gasteiger partial charge is 0.291 e. The Morgan fingerprint density at radius 2 is 1.78 bits per heavy atom. The van der Waals surface area contributed by atoms with E-state index in [2.05, 4.69) is 23.6 Å². The van der Waals surface area contributed by atoms with Crippen molar-refractivity contribution in [2.45, 2.75) is 19.8 Å². The van der Waals surface area contributed by atoms with Gasteiger partial charge in [-0.15, -0.1) is 5.10 Å². The Balaban J connectivity index is 1.30. The van der Waals surface area contributed by atoms with E-state index in [-0.39, 0.29) is 5.56 Å². The highest BCUT2D eigenvalue weighted by atomic mass is 32.1. The van der Waals surface area contributed by atoms with Crippen LogP contribution in [0.2, 0.25) is 0 Å². The Kier molecular flexibility index (Phi) is 9.35. The number of para-hydroxylation sites is 1. The highest BCUT2D eigenvalue weighted by Gasteiger charge is 2.14. The summed E-state index contributed by atoms with van der Waals surface area (Å²) >= 11 is 1.28. The first kappa shape index (κ1) is 30.5. The summed E-state index contributed by atoms with van der Waals surface area (Å²) in [5, 5.41) is 9.35. The minimum absolute atomic E-state index is 0.242. The maximum Gasteiger partial charge on any atom is 0.291 e. The van der Waals surface area contributed by atoms with Gasteiger partial charge in [0.1, 0.15) is 18.1 Å². The second-order valence-corrected chi connectivity index (χ2v) is 11.4. The van der Waals surface area contributed by atoms with Crippen LogP contribution >= 0.6 is 11.3 Å². The number of aromatic nitrogens is 5. The molecule has 0 aliphatic heterocycles. The molecular formula is C36H33N5O4S. The molecule has 0 aliphatic carbocycles. The molecule has 9 nitrogen and oxygen atoms in total. The first-order valence-corrected chi connectivity index (χ1v) is 15.8. The van der Waals surface area contributed by atoms with Crippen molar-refractivity contribution in [2.75, 3.05) is 20.3 Å². The van der Waals surface area contributed by atoms with E-state index in [0.717, 1.165) is 46.7 Å². The molecule has 0 spiro atoms. The van der Waals surface area contributed by atoms with E-state index in [9.17, 15) is 4.79 Å². The van der Waals surface area contributed by atoms with Crippen LogP contribution in [0.1, 0.15) is 36.7 Å². The molecule has 0 fully saturated rings. The Morgan fingerprint density at radius 3 is 2.52 bits per heavy atom. The summed E-state index contributed by atoms with van der Waals surface area (Å²) in [6.07, 6.45) is 11.2. The van der Waals surface area contributed by atoms with E-state index in [1.165, 1.54) is 15.9 Å². The number of benzene rings is 3. The second kappa shape index (κ2) is 14.1. The number of thiazole rings is 1. The predicted molar refractivity (Wildman–Crippen MR) is 183 cm³/mol. The fourth-order valence-electron chi connectivity index (χ4n) is 4.76. The predicted octanol–water partition coefficient (Wildman–Crippen LogP) is 6.47. The SMILES string of the molecule is C=CCOc1ccc(-c2nn(-c3ccccc3)cc2/C=c2\sc3nc(/C=C/c4ccc(OCCCC)c(OC)c4)nn3c2=O)cc1. The van der Waals surface area contributed by atoms with Crippen molar-refractivity contribution >= 4 is 34.5 Å². The summed E-state index contributed by atoms with van der Waals surface area (Å²) < 4.78 is 20.7. The molecule has 0 saturated heterocycles. The zero-order valence-electron chi connectivity index (χ0n) is 25.6. The number of methoxy groups -OCH3 is 1. The van der Waals surface area contributed by atoms with Gasteiger partial charge < -0.3 is 14.2 Å². The molecule has 6 aromatic rings. The Hall–Kier alpha value is -5.48. The van der Waals surface area contributed by atoms with E-state index in [1.807, 2.05) is 95.8 Å². The molecule has 3 aromatic heterocycles. The lowest BCUT2D eigenvalue weighted by molar-refractivity contribution is 0.288. The number of hydrogen-bond acceptors (Lipinski definition) is 8. The number of fused-ring (bicyclic) bond motifs is 1. The van der Waals surface area contributed by atoms with Crippen molar-refractivity contribution < 1.29 is 14.2 Å². The molecule has 0 radical (unpaired) electrons. The van der Waals surface area contributed by atoms with Crippen LogP contribution < -0.4 is 24.3 Å². The topological polar surface area (TPSA) is 92.8 Å². The summed E-state index contributed by atoms with van der Waals surface area (Å²) in [5.74, 6) is 2.54. The molecular weight excluding hydrogens is 598 g/mol. The van der Waals surface area contributed by atoms with E-state index in [0.29, 0.717) is 40.0 Å². The molecule has 0 saturated carbocycles. The van der Waals surface area contributed by atoms with E-state index < -0.39 is 0 Å². The molecule has 0 amide bonds. The monoisotopic (exact) mass is 631 g/mol. The second-order valence-electron chi connectivity index (χ2n) is 10.4. The Morgan fingerprint density at radius 1 is 0.957 bits per heavy atom. The molecule has 0 unspecified atom stereocenters. The van der Waals surface area contributed by atoms with E-state index in [1.54, 1.807) is 19.3 Å². The zero-order chi connectivity index (χ0) is 31.9. The zero-order valence-corrected chi connectivity index (χ0v) is 26.4. The van der Waals surface area contributed by atoms with Crippen molar-refractivity contribution in [3.63, 3.8) is 0 Å². The average Bonchev–Trinajstić information content (AvgIpc) is 3.78. The molecule has 10 heteroatoms. The first-order chi connectivity index (χ1) is 22.6. The number of rotatable bonds is 13. The Labute approximate surface area is 270 Å². The lowest BCUT2D eigenvalue weighted by Crippen LogP contribution is -2.23. The van der Waals surface area contributed by atoms with Gasteiger partial charge in [-0.1, -0.05) is 67.7 Å². The third-order valence-corrected chi connectivity index (χ3v) is 8.07. The largest absolute Gasteiger partial charge is 0.493 e. The van der Waals surface area contributed by atoms with Crippen molar-refractivity contribution in [1.82, 2.24) is 24.4 Å². The van der Waals surface area contributed by atoms with Gasteiger partial charge in [-0.3, -0.25) is 4.79 Å². The minimum Gasteiger partial charge on any atom is -0.493 e. The van der Waals surface area contributed by atoms with Gasteiger partial charge in [0.15, 0.2) is 17.3 Å². The lowest BCUT2D eigenvalue weighted by atomic mass is 10.1. The molecule has 0 N–H and O–H groups in total. The van der Waals surface area contributed by atoms with Crippen LogP contribution in [-0.2, 0) is 0 Å². The highest BCUT2D eigenvalue weighted by Crippen LogP contribution is 2.29. The van der Waals surface area contributed by atoms with E-state index in [4.69, 9.17) is 19.3 Å². The molecule has 3 aromatic carbocycles. The molecule has 46 heavy (non-hydrogen) atoms. The van der Waals surface area contributed by atoms with Crippen LogP contribution in [0.25, 0.3) is 40.1 Å². The van der Waals surface area contributed by atoms with Crippen molar-refractivity contribution in [2.24, 2.45) is 0 Å². The molecule has 0 bridgehead atoms. The quantitative estimate of drug-likeness (QED) is 0.107. The van der Waals surface area contributed by atoms with Crippen LogP contribution in [0, 0.1) is 0 Å². The fourth-order valence-corrected chi connectivity index (χ4v) is 5.67. The Bertz CT molecular complexity index is 2100. The van der Waals surface area contributed by atoms with Crippen molar-refractivity contribution in [3.8, 4) is 34.2 Å². The standard InChI is InChI=1S/C36H33N5O4S/c1-4-6-21-45-30-18-12-25(22-31(30)43-3)13-19-33-37-36-41(38-33)35(42)32(46-36)23-27-24-40(28-10-8-7-9-11-28)39-34(27)26-14-16-29(17-15-26)44-20-5-2/h5,7-19,22-24H,2,4,6,20-21H2,1,3H3/b19-13+,32-23-. The van der Waals surface area contributed by atoms with Gasteiger partial charge in [0.05, 0.1) is 23.9 Å². The maximum absolute atomic E-state index is 13.5. The van der Waals surface area contributed by atoms with Gasteiger partial charge in [0.25, 0.3) is 5.56 Å². The summed E-state index contributed by atoms with van der Waals surface area (Å²) in [6.45, 7) is 6.89. The number of unbranched alkanes of at least 4 members (excludes halogenated alkanes) is 1. The minimum atomic E-state index is -0.242. The summed E-state index contributed by atoms with van der Waals surface area (Å²) in [6, 6.07) is 23.3. The van der Waals surface area contributed by atoms with E-state index >= 15 is 0 Å².